The number of amides is 1. The summed E-state index contributed by atoms with van der Waals surface area (Å²) in [7, 11) is -2.92. The molecule has 11 nitrogen and oxygen atoms in total. The van der Waals surface area contributed by atoms with Gasteiger partial charge in [-0.2, -0.15) is 9.23 Å². The van der Waals surface area contributed by atoms with Gasteiger partial charge in [0.25, 0.3) is 10.0 Å². The number of nitrogens with zero attached hydrogens (tertiary/aromatic N) is 6. The topological polar surface area (TPSA) is 121 Å². The van der Waals surface area contributed by atoms with Crippen LogP contribution in [0.2, 0.25) is 0 Å². The summed E-state index contributed by atoms with van der Waals surface area (Å²) in [5.41, 5.74) is 0.181. The van der Waals surface area contributed by atoms with Gasteiger partial charge in [0, 0.05) is 45.8 Å². The van der Waals surface area contributed by atoms with Crippen LogP contribution in [0.4, 0.5) is 0 Å². The molecule has 6 rings (SSSR count). The lowest BCUT2D eigenvalue weighted by molar-refractivity contribution is -0.132. The van der Waals surface area contributed by atoms with Crippen molar-refractivity contribution in [2.45, 2.75) is 24.3 Å². The monoisotopic (exact) mass is 642 g/mol. The number of carbonyl (C=O) groups is 1. The van der Waals surface area contributed by atoms with Crippen LogP contribution in [0.5, 0.6) is 5.75 Å². The molecule has 2 fully saturated rings. The predicted molar refractivity (Wildman–Crippen MR) is 174 cm³/mol. The SMILES string of the molecule is CCN1CCN(C[C@@H]2CCN(C(=O)C(c3ccccc3)n3c(=O)n(S(=O)(=O)c4ccc(OC)cc4)c4ccc(C#N)cc43)C2)CC1. The van der Waals surface area contributed by atoms with Crippen LogP contribution in [-0.4, -0.2) is 97.0 Å². The molecule has 46 heavy (non-hydrogen) atoms. The van der Waals surface area contributed by atoms with Gasteiger partial charge >= 0.3 is 5.69 Å². The van der Waals surface area contributed by atoms with Gasteiger partial charge in [0.15, 0.2) is 0 Å². The van der Waals surface area contributed by atoms with Gasteiger partial charge in [-0.1, -0.05) is 37.3 Å². The Hall–Kier alpha value is -4.44. The molecule has 3 aromatic carbocycles. The molecule has 0 aliphatic carbocycles. The summed E-state index contributed by atoms with van der Waals surface area (Å²) < 4.78 is 35.2. The van der Waals surface area contributed by atoms with Crippen molar-refractivity contribution in [2.24, 2.45) is 5.92 Å². The van der Waals surface area contributed by atoms with Crippen molar-refractivity contribution >= 4 is 27.0 Å². The lowest BCUT2D eigenvalue weighted by Crippen LogP contribution is -2.48. The Morgan fingerprint density at radius 3 is 2.30 bits per heavy atom. The van der Waals surface area contributed by atoms with E-state index in [1.54, 1.807) is 29.2 Å². The summed E-state index contributed by atoms with van der Waals surface area (Å²) >= 11 is 0. The Balaban J connectivity index is 1.41. The Kier molecular flexibility index (Phi) is 8.99. The number of methoxy groups -OCH3 is 1. The van der Waals surface area contributed by atoms with Crippen molar-refractivity contribution < 1.29 is 17.9 Å². The average Bonchev–Trinajstić information content (AvgIpc) is 3.67. The fourth-order valence-corrected chi connectivity index (χ4v) is 8.04. The highest BCUT2D eigenvalue weighted by Gasteiger charge is 2.37. The zero-order chi connectivity index (χ0) is 32.4. The Morgan fingerprint density at radius 1 is 0.957 bits per heavy atom. The van der Waals surface area contributed by atoms with Gasteiger partial charge in [-0.25, -0.2) is 13.2 Å². The van der Waals surface area contributed by atoms with Gasteiger partial charge in [-0.3, -0.25) is 9.36 Å². The Morgan fingerprint density at radius 2 is 1.65 bits per heavy atom. The van der Waals surface area contributed by atoms with Crippen LogP contribution in [-0.2, 0) is 14.8 Å². The summed E-state index contributed by atoms with van der Waals surface area (Å²) in [4.78, 5) is 35.5. The van der Waals surface area contributed by atoms with Crippen molar-refractivity contribution in [1.29, 1.82) is 5.26 Å². The first-order chi connectivity index (χ1) is 22.2. The zero-order valence-electron chi connectivity index (χ0n) is 26.1. The van der Waals surface area contributed by atoms with E-state index in [9.17, 15) is 23.3 Å². The number of nitriles is 1. The fourth-order valence-electron chi connectivity index (χ4n) is 6.64. The summed E-state index contributed by atoms with van der Waals surface area (Å²) in [6.45, 7) is 9.32. The van der Waals surface area contributed by atoms with Gasteiger partial charge in [-0.15, -0.1) is 0 Å². The second kappa shape index (κ2) is 13.1. The third-order valence-electron chi connectivity index (χ3n) is 9.19. The minimum atomic E-state index is -4.40. The maximum Gasteiger partial charge on any atom is 0.344 e. The maximum atomic E-state index is 14.5. The molecule has 0 N–H and O–H groups in total. The lowest BCUT2D eigenvalue weighted by atomic mass is 10.0. The van der Waals surface area contributed by atoms with E-state index in [1.807, 2.05) is 6.07 Å². The second-order valence-corrected chi connectivity index (χ2v) is 13.7. The molecular weight excluding hydrogens is 604 g/mol. The first kappa shape index (κ1) is 31.5. The second-order valence-electron chi connectivity index (χ2n) is 11.9. The first-order valence-corrected chi connectivity index (χ1v) is 17.0. The van der Waals surface area contributed by atoms with Crippen LogP contribution < -0.4 is 10.4 Å². The normalized spacial score (nSPS) is 18.5. The van der Waals surface area contributed by atoms with Crippen molar-refractivity contribution in [3.8, 4) is 11.8 Å². The fraction of sp³-hybridized carbons (Fsp3) is 0.382. The van der Waals surface area contributed by atoms with Gasteiger partial charge in [0.05, 0.1) is 34.7 Å². The van der Waals surface area contributed by atoms with E-state index in [0.29, 0.717) is 30.3 Å². The van der Waals surface area contributed by atoms with Crippen LogP contribution >= 0.6 is 0 Å². The Bertz CT molecular complexity index is 1920. The van der Waals surface area contributed by atoms with Crippen LogP contribution in [0.25, 0.3) is 11.0 Å². The summed E-state index contributed by atoms with van der Waals surface area (Å²) in [5.74, 6) is 0.483. The van der Waals surface area contributed by atoms with Crippen molar-refractivity contribution in [3.05, 3.63) is 94.4 Å². The summed E-state index contributed by atoms with van der Waals surface area (Å²) in [5, 5.41) is 9.73. The highest BCUT2D eigenvalue weighted by Crippen LogP contribution is 2.30. The molecule has 1 amide bonds. The number of rotatable bonds is 9. The number of ether oxygens (including phenoxy) is 1. The van der Waals surface area contributed by atoms with Crippen molar-refractivity contribution in [1.82, 2.24) is 23.2 Å². The van der Waals surface area contributed by atoms with E-state index in [-0.39, 0.29) is 27.4 Å². The van der Waals surface area contributed by atoms with E-state index in [0.717, 1.165) is 49.7 Å². The molecule has 2 aliphatic heterocycles. The number of fused-ring (bicyclic) bond motifs is 1. The smallest absolute Gasteiger partial charge is 0.344 e. The molecule has 1 unspecified atom stereocenters. The molecule has 2 saturated heterocycles. The first-order valence-electron chi connectivity index (χ1n) is 15.6. The van der Waals surface area contributed by atoms with Crippen molar-refractivity contribution in [3.63, 3.8) is 0 Å². The van der Waals surface area contributed by atoms with Crippen LogP contribution in [0.3, 0.4) is 0 Å². The summed E-state index contributed by atoms with van der Waals surface area (Å²) in [6, 6.07) is 20.0. The number of likely N-dealkylation sites (N-methyl/N-ethyl adjacent to an activating group) is 1. The lowest BCUT2D eigenvalue weighted by Gasteiger charge is -2.35. The van der Waals surface area contributed by atoms with E-state index >= 15 is 0 Å². The summed E-state index contributed by atoms with van der Waals surface area (Å²) in [6.07, 6.45) is 0.850. The molecule has 0 saturated carbocycles. The average molecular weight is 643 g/mol. The van der Waals surface area contributed by atoms with E-state index < -0.39 is 21.8 Å². The Labute approximate surface area is 268 Å². The molecule has 0 bridgehead atoms. The molecule has 12 heteroatoms. The number of aromatic nitrogens is 2. The number of carbonyl (C=O) groups excluding carboxylic acids is 1. The van der Waals surface area contributed by atoms with Crippen molar-refractivity contribution in [2.75, 3.05) is 59.5 Å². The van der Waals surface area contributed by atoms with Gasteiger partial charge < -0.3 is 19.4 Å². The minimum Gasteiger partial charge on any atom is -0.497 e. The number of benzene rings is 3. The maximum absolute atomic E-state index is 14.5. The molecule has 2 aliphatic rings. The molecule has 2 atom stereocenters. The number of hydrogen-bond acceptors (Lipinski definition) is 8. The van der Waals surface area contributed by atoms with E-state index in [1.165, 1.54) is 54.1 Å². The third kappa shape index (κ3) is 5.93. The van der Waals surface area contributed by atoms with Gasteiger partial charge in [-0.05, 0) is 66.9 Å². The highest BCUT2D eigenvalue weighted by atomic mass is 32.2. The number of likely N-dealkylation sites (tertiary alicyclic amines) is 1. The third-order valence-corrected chi connectivity index (χ3v) is 10.9. The quantitative estimate of drug-likeness (QED) is 0.273. The molecule has 0 spiro atoms. The molecule has 0 radical (unpaired) electrons. The number of imidazole rings is 1. The molecule has 4 aromatic rings. The van der Waals surface area contributed by atoms with Gasteiger partial charge in [0.2, 0.25) is 5.91 Å². The minimum absolute atomic E-state index is 0.0825. The number of hydrogen-bond donors (Lipinski definition) is 0. The van der Waals surface area contributed by atoms with E-state index in [4.69, 9.17) is 4.74 Å². The largest absolute Gasteiger partial charge is 0.497 e. The van der Waals surface area contributed by atoms with Gasteiger partial charge in [0.1, 0.15) is 11.8 Å². The standard InChI is InChI=1S/C34H38N6O5S/c1-3-36-17-19-37(20-18-36)23-26-15-16-38(24-26)33(41)32(27-7-5-4-6-8-27)39-31-21-25(22-35)9-14-30(31)40(34(39)42)46(43,44)29-12-10-28(45-2)11-13-29/h4-14,21,26,32H,3,15-20,23-24H2,1-2H3/t26-,32?/m0/s1. The van der Waals surface area contributed by atoms with Crippen LogP contribution in [0.15, 0.2) is 82.5 Å². The predicted octanol–water partition coefficient (Wildman–Crippen LogP) is 3.00. The molecular formula is C34H38N6O5S. The zero-order valence-corrected chi connectivity index (χ0v) is 26.9. The van der Waals surface area contributed by atoms with E-state index in [2.05, 4.69) is 22.8 Å². The molecule has 1 aromatic heterocycles. The highest BCUT2D eigenvalue weighted by molar-refractivity contribution is 7.90. The molecule has 240 valence electrons. The number of piperazine rings is 1. The molecule has 3 heterocycles. The van der Waals surface area contributed by atoms with Crippen LogP contribution in [0, 0.1) is 17.2 Å². The van der Waals surface area contributed by atoms with Crippen LogP contribution in [0.1, 0.15) is 30.5 Å².